The lowest BCUT2D eigenvalue weighted by molar-refractivity contribution is 0.669. The highest BCUT2D eigenvalue weighted by Crippen LogP contribution is 2.31. The Morgan fingerprint density at radius 3 is 2.23 bits per heavy atom. The number of benzene rings is 3. The smallest absolute Gasteiger partial charge is 0.226 e. The van der Waals surface area contributed by atoms with Gasteiger partial charge in [-0.3, -0.25) is 0 Å². The largest absolute Gasteiger partial charge is 0.456 e. The summed E-state index contributed by atoms with van der Waals surface area (Å²) in [7, 11) is 0. The minimum atomic E-state index is -0.640. The number of hydrogen-bond acceptors (Lipinski definition) is 4. The summed E-state index contributed by atoms with van der Waals surface area (Å²) in [4.78, 5) is 11.9. The van der Waals surface area contributed by atoms with Gasteiger partial charge in [-0.15, -0.1) is 0 Å². The second-order valence-corrected chi connectivity index (χ2v) is 5.35. The lowest BCUT2D eigenvalue weighted by Gasteiger charge is -2.04. The number of aromatic nitrogens is 3. The third-order valence-electron chi connectivity index (χ3n) is 3.44. The van der Waals surface area contributed by atoms with Gasteiger partial charge in [0.15, 0.2) is 11.6 Å². The first kappa shape index (κ1) is 7.17. The van der Waals surface area contributed by atoms with Crippen molar-refractivity contribution in [2.75, 3.05) is 0 Å². The van der Waals surface area contributed by atoms with Crippen LogP contribution in [-0.4, -0.2) is 15.0 Å². The molecular weight excluding hydrogens is 346 g/mol. The molecule has 26 heavy (non-hydrogen) atoms. The van der Waals surface area contributed by atoms with E-state index in [4.69, 9.17) is 32.5 Å². The van der Waals surface area contributed by atoms with Crippen molar-refractivity contribution >= 4 is 33.5 Å². The van der Waals surface area contributed by atoms with Crippen molar-refractivity contribution in [2.45, 2.75) is 0 Å². The number of nitrogens with zero attached hydrogens (tertiary/aromatic N) is 3. The molecule has 0 fully saturated rings. The number of hydrogen-bond donors (Lipinski definition) is 0. The van der Waals surface area contributed by atoms with Gasteiger partial charge in [0.25, 0.3) is 0 Å². The van der Waals surface area contributed by atoms with Crippen LogP contribution in [0.2, 0.25) is 5.28 Å². The van der Waals surface area contributed by atoms with Crippen LogP contribution < -0.4 is 0 Å². The van der Waals surface area contributed by atoms with Crippen LogP contribution in [0.4, 0.5) is 0 Å². The van der Waals surface area contributed by atoms with Gasteiger partial charge in [-0.1, -0.05) is 54.4 Å². The molecule has 0 aliphatic heterocycles. The quantitative estimate of drug-likeness (QED) is 0.397. The van der Waals surface area contributed by atoms with Crippen LogP contribution in [0.15, 0.2) is 76.9 Å². The Balaban J connectivity index is 1.86. The maximum Gasteiger partial charge on any atom is 0.226 e. The standard InChI is InChI=1S/C21H12ClN3O/c22-21-24-19(13-6-2-1-3-7-13)23-20(25-21)14-10-11-16-15-8-4-5-9-17(15)26-18(16)12-14/h1-12H/i1D,2D,3D,4D,5D,6D,7D,8D,9D,10D,11D,12D. The summed E-state index contributed by atoms with van der Waals surface area (Å²) in [5.41, 5.74) is -1.36. The minimum absolute atomic E-state index is 0.155. The van der Waals surface area contributed by atoms with Crippen LogP contribution in [0.5, 0.6) is 0 Å². The zero-order valence-corrected chi connectivity index (χ0v) is 13.4. The van der Waals surface area contributed by atoms with Gasteiger partial charge in [0.05, 0.1) is 16.4 Å². The van der Waals surface area contributed by atoms with Gasteiger partial charge in [-0.2, -0.15) is 9.97 Å². The van der Waals surface area contributed by atoms with Crippen LogP contribution in [0.25, 0.3) is 44.7 Å². The Hall–Kier alpha value is -3.24. The normalized spacial score (nSPS) is 17.7. The van der Waals surface area contributed by atoms with Gasteiger partial charge in [-0.25, -0.2) is 4.98 Å². The van der Waals surface area contributed by atoms with Gasteiger partial charge >= 0.3 is 0 Å². The zero-order chi connectivity index (χ0) is 28.0. The lowest BCUT2D eigenvalue weighted by atomic mass is 10.1. The fourth-order valence-corrected chi connectivity index (χ4v) is 2.50. The molecule has 124 valence electrons. The summed E-state index contributed by atoms with van der Waals surface area (Å²) in [5, 5.41) is -0.804. The summed E-state index contributed by atoms with van der Waals surface area (Å²) in [6.45, 7) is 0. The van der Waals surface area contributed by atoms with Gasteiger partial charge < -0.3 is 4.42 Å². The maximum atomic E-state index is 8.71. The number of para-hydroxylation sites is 1. The summed E-state index contributed by atoms with van der Waals surface area (Å²) in [6.07, 6.45) is 0. The van der Waals surface area contributed by atoms with E-state index in [1.54, 1.807) is 0 Å². The zero-order valence-electron chi connectivity index (χ0n) is 24.6. The van der Waals surface area contributed by atoms with E-state index >= 15 is 0 Å². The van der Waals surface area contributed by atoms with E-state index in [9.17, 15) is 0 Å². The third-order valence-corrected chi connectivity index (χ3v) is 3.61. The summed E-state index contributed by atoms with van der Waals surface area (Å²) in [6, 6.07) is -6.94. The third kappa shape index (κ3) is 2.52. The van der Waals surface area contributed by atoms with E-state index < -0.39 is 89.4 Å². The number of fused-ring (bicyclic) bond motifs is 3. The predicted molar refractivity (Wildman–Crippen MR) is 103 cm³/mol. The molecule has 0 bridgehead atoms. The summed E-state index contributed by atoms with van der Waals surface area (Å²) in [5.74, 6) is -0.844. The number of furan rings is 1. The Bertz CT molecular complexity index is 1840. The van der Waals surface area contributed by atoms with Gasteiger partial charge in [0, 0.05) is 21.9 Å². The second kappa shape index (κ2) is 5.93. The summed E-state index contributed by atoms with van der Waals surface area (Å²) < 4.78 is 104. The van der Waals surface area contributed by atoms with Crippen molar-refractivity contribution in [3.63, 3.8) is 0 Å². The molecule has 3 aromatic carbocycles. The highest BCUT2D eigenvalue weighted by molar-refractivity contribution is 6.28. The first-order valence-electron chi connectivity index (χ1n) is 13.2. The monoisotopic (exact) mass is 369 g/mol. The molecule has 0 unspecified atom stereocenters. The molecule has 5 aromatic rings. The fourth-order valence-electron chi connectivity index (χ4n) is 2.34. The average Bonchev–Trinajstić information content (AvgIpc) is 3.28. The van der Waals surface area contributed by atoms with Crippen LogP contribution in [-0.2, 0) is 0 Å². The maximum absolute atomic E-state index is 8.71. The predicted octanol–water partition coefficient (Wildman–Crippen LogP) is 5.76. The van der Waals surface area contributed by atoms with E-state index in [0.29, 0.717) is 0 Å². The van der Waals surface area contributed by atoms with Crippen LogP contribution in [0.1, 0.15) is 16.4 Å². The minimum Gasteiger partial charge on any atom is -0.456 e. The van der Waals surface area contributed by atoms with Gasteiger partial charge in [0.2, 0.25) is 5.28 Å². The molecule has 2 aromatic heterocycles. The molecular formula is C21H12ClN3O. The lowest BCUT2D eigenvalue weighted by Crippen LogP contribution is -1.97. The number of halogens is 1. The Morgan fingerprint density at radius 2 is 1.38 bits per heavy atom. The Labute approximate surface area is 171 Å². The molecule has 0 N–H and O–H groups in total. The fraction of sp³-hybridized carbons (Fsp3) is 0. The van der Waals surface area contributed by atoms with Crippen molar-refractivity contribution in [2.24, 2.45) is 0 Å². The highest BCUT2D eigenvalue weighted by Gasteiger charge is 2.12. The van der Waals surface area contributed by atoms with Crippen LogP contribution >= 0.6 is 11.6 Å². The van der Waals surface area contributed by atoms with E-state index in [0.717, 1.165) is 0 Å². The molecule has 4 nitrogen and oxygen atoms in total. The molecule has 0 radical (unpaired) electrons. The molecule has 5 heteroatoms. The molecule has 0 aliphatic carbocycles. The van der Waals surface area contributed by atoms with E-state index in [2.05, 4.69) is 15.0 Å². The Kier molecular flexibility index (Phi) is 1.64. The van der Waals surface area contributed by atoms with Crippen molar-refractivity contribution < 1.29 is 20.9 Å². The second-order valence-electron chi connectivity index (χ2n) is 5.01. The van der Waals surface area contributed by atoms with Crippen molar-refractivity contribution in [3.05, 3.63) is 77.8 Å². The molecule has 0 aliphatic rings. The SMILES string of the molecule is [2H]c1c([2H])c([2H])c(-c2nc(Cl)nc(-c3c([2H])c([2H])c4c(oc5c([2H])c([2H])c([2H])c([2H])c54)c3[2H])n2)c([2H])c1[2H]. The van der Waals surface area contributed by atoms with Crippen molar-refractivity contribution in [1.82, 2.24) is 15.0 Å². The first-order valence-corrected chi connectivity index (χ1v) is 7.57. The molecule has 2 heterocycles. The molecule has 0 saturated carbocycles. The molecule has 0 spiro atoms. The van der Waals surface area contributed by atoms with Crippen LogP contribution in [0, 0.1) is 0 Å². The van der Waals surface area contributed by atoms with E-state index in [1.165, 1.54) is 0 Å². The Morgan fingerprint density at radius 1 is 0.692 bits per heavy atom. The van der Waals surface area contributed by atoms with Crippen molar-refractivity contribution in [3.8, 4) is 22.8 Å². The van der Waals surface area contributed by atoms with Crippen molar-refractivity contribution in [1.29, 1.82) is 0 Å². The number of rotatable bonds is 2. The van der Waals surface area contributed by atoms with E-state index in [1.807, 2.05) is 0 Å². The topological polar surface area (TPSA) is 51.8 Å². The van der Waals surface area contributed by atoms with Crippen LogP contribution in [0.3, 0.4) is 0 Å². The molecule has 0 amide bonds. The molecule has 0 saturated heterocycles. The van der Waals surface area contributed by atoms with E-state index in [-0.39, 0.29) is 33.1 Å². The molecule has 0 atom stereocenters. The van der Waals surface area contributed by atoms with Gasteiger partial charge in [-0.05, 0) is 29.7 Å². The first-order chi connectivity index (χ1) is 17.8. The van der Waals surface area contributed by atoms with Gasteiger partial charge in [0.1, 0.15) is 11.2 Å². The average molecular weight is 370 g/mol. The highest BCUT2D eigenvalue weighted by atomic mass is 35.5. The summed E-state index contributed by atoms with van der Waals surface area (Å²) >= 11 is 6.07. The molecule has 5 rings (SSSR count).